The average molecular weight is 515 g/mol. The lowest BCUT2D eigenvalue weighted by Gasteiger charge is -2.56. The van der Waals surface area contributed by atoms with Crippen LogP contribution >= 0.6 is 0 Å². The molecule has 1 aromatic rings. The van der Waals surface area contributed by atoms with Gasteiger partial charge in [0.05, 0.1) is 23.4 Å². The van der Waals surface area contributed by atoms with Crippen molar-refractivity contribution in [1.29, 1.82) is 0 Å². The highest BCUT2D eigenvalue weighted by molar-refractivity contribution is 6.32. The van der Waals surface area contributed by atoms with Crippen LogP contribution in [0.15, 0.2) is 12.1 Å². The first-order valence-electron chi connectivity index (χ1n) is 12.1. The zero-order valence-corrected chi connectivity index (χ0v) is 21.2. The lowest BCUT2D eigenvalue weighted by Crippen LogP contribution is -2.78. The minimum atomic E-state index is -3.02. The number of nitrogens with zero attached hydrogens (tertiary/aromatic N) is 1. The maximum Gasteiger partial charge on any atom is 0.305 e. The van der Waals surface area contributed by atoms with E-state index in [2.05, 4.69) is 0 Å². The van der Waals surface area contributed by atoms with Gasteiger partial charge in [0.1, 0.15) is 11.9 Å². The van der Waals surface area contributed by atoms with E-state index in [9.17, 15) is 39.0 Å². The van der Waals surface area contributed by atoms with Crippen molar-refractivity contribution in [3.63, 3.8) is 0 Å². The summed E-state index contributed by atoms with van der Waals surface area (Å²) in [5, 5.41) is 22.4. The van der Waals surface area contributed by atoms with Gasteiger partial charge in [0, 0.05) is 12.3 Å². The van der Waals surface area contributed by atoms with Gasteiger partial charge in [0.25, 0.3) is 0 Å². The summed E-state index contributed by atoms with van der Waals surface area (Å²) in [5.74, 6) is -14.0. The van der Waals surface area contributed by atoms with Gasteiger partial charge in [-0.05, 0) is 44.1 Å². The van der Waals surface area contributed by atoms with Gasteiger partial charge in [0.2, 0.25) is 5.91 Å². The molecular weight excluding hydrogens is 484 g/mol. The Morgan fingerprint density at radius 3 is 2.30 bits per heavy atom. The van der Waals surface area contributed by atoms with Gasteiger partial charge in [-0.1, -0.05) is 19.9 Å². The number of likely N-dealkylation sites (N-methyl/N-ethyl adjacent to an activating group) is 1. The highest BCUT2D eigenvalue weighted by atomic mass is 16.5. The Kier molecular flexibility index (Phi) is 6.36. The van der Waals surface area contributed by atoms with Crippen LogP contribution in [0.2, 0.25) is 0 Å². The van der Waals surface area contributed by atoms with E-state index < -0.39 is 82.3 Å². The molecule has 3 aliphatic rings. The molecule has 0 aliphatic heterocycles. The second kappa shape index (κ2) is 8.84. The Hall–Kier alpha value is -3.44. The summed E-state index contributed by atoms with van der Waals surface area (Å²) in [6, 6.07) is 1.52. The highest BCUT2D eigenvalue weighted by Crippen LogP contribution is 2.55. The summed E-state index contributed by atoms with van der Waals surface area (Å²) in [7, 11) is 2.91. The molecule has 4 rings (SSSR count). The van der Waals surface area contributed by atoms with E-state index in [1.54, 1.807) is 19.9 Å². The number of phenolic OH excluding ortho intramolecular Hbond substituents is 1. The largest absolute Gasteiger partial charge is 0.507 e. The number of primary amides is 1. The van der Waals surface area contributed by atoms with Crippen LogP contribution in [-0.2, 0) is 28.7 Å². The van der Waals surface area contributed by atoms with Crippen molar-refractivity contribution < 1.29 is 43.7 Å². The zero-order chi connectivity index (χ0) is 27.7. The topological polar surface area (TPSA) is 181 Å². The van der Waals surface area contributed by atoms with Gasteiger partial charge in [-0.2, -0.15) is 0 Å². The van der Waals surface area contributed by atoms with Crippen molar-refractivity contribution >= 4 is 35.0 Å². The van der Waals surface area contributed by atoms with E-state index in [0.717, 1.165) is 0 Å². The van der Waals surface area contributed by atoms with E-state index >= 15 is 0 Å². The first kappa shape index (κ1) is 26.6. The number of hydrogen-bond donors (Lipinski definition) is 3. The molecule has 0 saturated heterocycles. The number of amides is 1. The molecule has 3 aliphatic carbocycles. The van der Waals surface area contributed by atoms with Crippen molar-refractivity contribution in [2.45, 2.75) is 50.9 Å². The summed E-state index contributed by atoms with van der Waals surface area (Å²) in [5.41, 5.74) is 3.32. The van der Waals surface area contributed by atoms with Gasteiger partial charge in [-0.15, -0.1) is 0 Å². The number of aryl methyl sites for hydroxylation is 1. The molecule has 4 N–H and O–H groups in total. The molecule has 11 nitrogen and oxygen atoms in total. The molecule has 11 heteroatoms. The number of rotatable bonds is 4. The van der Waals surface area contributed by atoms with Crippen LogP contribution in [0, 0.1) is 30.6 Å². The summed E-state index contributed by atoms with van der Waals surface area (Å²) < 4.78 is 5.76. The first-order valence-corrected chi connectivity index (χ1v) is 12.1. The summed E-state index contributed by atoms with van der Waals surface area (Å²) in [6.45, 7) is 4.95. The number of esters is 1. The summed E-state index contributed by atoms with van der Waals surface area (Å²) in [4.78, 5) is 80.9. The molecule has 37 heavy (non-hydrogen) atoms. The number of hydrogen-bond acceptors (Lipinski definition) is 10. The molecule has 0 bridgehead atoms. The molecule has 1 aromatic carbocycles. The van der Waals surface area contributed by atoms with Crippen LogP contribution < -0.4 is 5.73 Å². The van der Waals surface area contributed by atoms with Crippen LogP contribution in [0.25, 0.3) is 0 Å². The van der Waals surface area contributed by atoms with Gasteiger partial charge < -0.3 is 20.7 Å². The Labute approximate surface area is 212 Å². The van der Waals surface area contributed by atoms with Crippen LogP contribution in [0.4, 0.5) is 0 Å². The lowest BCUT2D eigenvalue weighted by atomic mass is 9.49. The fraction of sp³-hybridized carbons (Fsp3) is 0.538. The number of benzene rings is 1. The van der Waals surface area contributed by atoms with Gasteiger partial charge >= 0.3 is 5.97 Å². The molecular formula is C26H30N2O9. The fourth-order valence-corrected chi connectivity index (χ4v) is 6.64. The molecule has 2 fully saturated rings. The van der Waals surface area contributed by atoms with Crippen molar-refractivity contribution in [1.82, 2.24) is 4.90 Å². The predicted molar refractivity (Wildman–Crippen MR) is 126 cm³/mol. The van der Waals surface area contributed by atoms with E-state index in [0.29, 0.717) is 11.1 Å². The SMILES string of the molecule is CCC(=O)O[C@H]1[C@H]2C(C(=O)c3c(O)ccc(C)c3[C@@H]2C)C(=O)[C@]2(O)C(=O)C(C(N)=O)C(=O)[C@@H](N(C)C)[C@H]12. The fourth-order valence-electron chi connectivity index (χ4n) is 6.64. The zero-order valence-electron chi connectivity index (χ0n) is 21.2. The Bertz CT molecular complexity index is 1250. The summed E-state index contributed by atoms with van der Waals surface area (Å²) >= 11 is 0. The molecule has 0 spiro atoms. The molecule has 0 aromatic heterocycles. The van der Waals surface area contributed by atoms with Crippen LogP contribution in [0.1, 0.15) is 47.7 Å². The maximum atomic E-state index is 14.0. The monoisotopic (exact) mass is 514 g/mol. The van der Waals surface area contributed by atoms with Crippen molar-refractivity contribution in [3.8, 4) is 5.75 Å². The number of ether oxygens (including phenoxy) is 1. The predicted octanol–water partition coefficient (Wildman–Crippen LogP) is -0.332. The molecule has 198 valence electrons. The molecule has 8 atom stereocenters. The number of Topliss-reactive ketones (excluding diaryl/α,β-unsaturated/α-hetero) is 4. The second-order valence-electron chi connectivity index (χ2n) is 10.4. The molecule has 0 radical (unpaired) electrons. The third-order valence-electron chi connectivity index (χ3n) is 8.21. The maximum absolute atomic E-state index is 14.0. The summed E-state index contributed by atoms with van der Waals surface area (Å²) in [6.07, 6.45) is -1.52. The standard InChI is InChI=1S/C26H30N2O9/c1-6-12(30)37-22-14-10(3)13-9(2)7-8-11(29)15(13)20(31)16(14)23(33)26(36)18(22)19(28(4)5)21(32)17(24(26)34)25(27)35/h7-8,10,14,16-19,22,29,36H,6H2,1-5H3,(H2,27,35)/t10-,14+,16?,17?,18+,19-,22-,26-/m0/s1. The van der Waals surface area contributed by atoms with Crippen molar-refractivity contribution in [2.24, 2.45) is 29.4 Å². The second-order valence-corrected chi connectivity index (χ2v) is 10.4. The minimum Gasteiger partial charge on any atom is -0.507 e. The molecule has 0 heterocycles. The molecule has 1 amide bonds. The van der Waals surface area contributed by atoms with Crippen molar-refractivity contribution in [3.05, 3.63) is 28.8 Å². The number of carbonyl (C=O) groups is 6. The normalized spacial score (nSPS) is 35.1. The number of ketones is 4. The quantitative estimate of drug-likeness (QED) is 0.355. The van der Waals surface area contributed by atoms with Crippen LogP contribution in [-0.4, -0.2) is 82.0 Å². The highest BCUT2D eigenvalue weighted by Gasteiger charge is 2.74. The lowest BCUT2D eigenvalue weighted by molar-refractivity contribution is -0.205. The van der Waals surface area contributed by atoms with E-state index in [1.165, 1.54) is 32.0 Å². The van der Waals surface area contributed by atoms with E-state index in [1.807, 2.05) is 0 Å². The third kappa shape index (κ3) is 3.47. The number of fused-ring (bicyclic) bond motifs is 3. The first-order chi connectivity index (χ1) is 17.2. The Morgan fingerprint density at radius 2 is 1.76 bits per heavy atom. The van der Waals surface area contributed by atoms with Gasteiger partial charge in [-0.3, -0.25) is 33.7 Å². The Balaban J connectivity index is 2.05. The van der Waals surface area contributed by atoms with Gasteiger partial charge in [-0.25, -0.2) is 0 Å². The van der Waals surface area contributed by atoms with Crippen LogP contribution in [0.5, 0.6) is 5.75 Å². The molecule has 2 saturated carbocycles. The van der Waals surface area contributed by atoms with E-state index in [-0.39, 0.29) is 17.7 Å². The molecule has 2 unspecified atom stereocenters. The number of aromatic hydroxyl groups is 1. The van der Waals surface area contributed by atoms with E-state index in [4.69, 9.17) is 10.5 Å². The Morgan fingerprint density at radius 1 is 1.14 bits per heavy atom. The average Bonchev–Trinajstić information content (AvgIpc) is 2.81. The van der Waals surface area contributed by atoms with Crippen molar-refractivity contribution in [2.75, 3.05) is 14.1 Å². The van der Waals surface area contributed by atoms with Gasteiger partial charge in [0.15, 0.2) is 34.7 Å². The number of phenols is 1. The number of carbonyl (C=O) groups excluding carboxylic acids is 6. The smallest absolute Gasteiger partial charge is 0.305 e. The third-order valence-corrected chi connectivity index (χ3v) is 8.21. The minimum absolute atomic E-state index is 0.0931. The van der Waals surface area contributed by atoms with Crippen LogP contribution in [0.3, 0.4) is 0 Å². The number of nitrogens with two attached hydrogens (primary N) is 1. The number of aliphatic hydroxyl groups is 1.